The van der Waals surface area contributed by atoms with Gasteiger partial charge in [-0.15, -0.1) is 0 Å². The zero-order chi connectivity index (χ0) is 31.7. The maximum absolute atomic E-state index is 6.97. The van der Waals surface area contributed by atoms with Gasteiger partial charge in [0.2, 0.25) is 0 Å². The van der Waals surface area contributed by atoms with E-state index < -0.39 is 0 Å². The Bertz CT molecular complexity index is 2960. The van der Waals surface area contributed by atoms with Crippen molar-refractivity contribution in [3.8, 4) is 33.4 Å². The van der Waals surface area contributed by atoms with E-state index in [9.17, 15) is 0 Å². The highest BCUT2D eigenvalue weighted by Gasteiger charge is 2.35. The Morgan fingerprint density at radius 2 is 1.02 bits per heavy atom. The first kappa shape index (κ1) is 26.2. The van der Waals surface area contributed by atoms with E-state index >= 15 is 0 Å². The topological polar surface area (TPSA) is 13.1 Å². The number of furan rings is 1. The molecule has 1 aliphatic rings. The lowest BCUT2D eigenvalue weighted by molar-refractivity contribution is 0.660. The molecule has 48 heavy (non-hydrogen) atoms. The molecule has 0 spiro atoms. The van der Waals surface area contributed by atoms with Crippen molar-refractivity contribution in [3.05, 3.63) is 157 Å². The van der Waals surface area contributed by atoms with Gasteiger partial charge < -0.3 is 4.42 Å². The van der Waals surface area contributed by atoms with Gasteiger partial charge in [0.1, 0.15) is 11.2 Å². The summed E-state index contributed by atoms with van der Waals surface area (Å²) in [4.78, 5) is 0. The Morgan fingerprint density at radius 1 is 0.396 bits per heavy atom. The standard InChI is InChI=1S/C47H30O/c1-47(2)40-13-6-5-12-35(40)36-20-18-32(25-41(36)47)33-22-23-38(45-39-24-30-8-3-4-9-31(30)26-42(39)48-46(33)45)34-19-16-29-15-14-27-10-7-11-28-17-21-37(34)44(29)43(27)28/h3-26H,1-2H3. The molecule has 0 saturated heterocycles. The van der Waals surface area contributed by atoms with Crippen LogP contribution in [0.15, 0.2) is 150 Å². The van der Waals surface area contributed by atoms with Crippen LogP contribution in [0.25, 0.3) is 98.4 Å². The molecule has 1 nitrogen and oxygen atoms in total. The van der Waals surface area contributed by atoms with Crippen molar-refractivity contribution in [2.24, 2.45) is 0 Å². The monoisotopic (exact) mass is 610 g/mol. The highest BCUT2D eigenvalue weighted by Crippen LogP contribution is 2.51. The summed E-state index contributed by atoms with van der Waals surface area (Å²) in [5.41, 5.74) is 12.0. The zero-order valence-electron chi connectivity index (χ0n) is 26.8. The van der Waals surface area contributed by atoms with Crippen molar-refractivity contribution in [1.29, 1.82) is 0 Å². The van der Waals surface area contributed by atoms with Gasteiger partial charge in [-0.2, -0.15) is 0 Å². The minimum atomic E-state index is -0.0751. The first-order valence-corrected chi connectivity index (χ1v) is 16.8. The summed E-state index contributed by atoms with van der Waals surface area (Å²) in [5, 5.41) is 12.5. The molecule has 9 aromatic carbocycles. The Balaban J connectivity index is 1.23. The first-order chi connectivity index (χ1) is 23.5. The van der Waals surface area contributed by atoms with Crippen molar-refractivity contribution in [2.45, 2.75) is 19.3 Å². The van der Waals surface area contributed by atoms with Crippen LogP contribution < -0.4 is 0 Å². The number of hydrogen-bond donors (Lipinski definition) is 0. The molecule has 224 valence electrons. The van der Waals surface area contributed by atoms with Crippen LogP contribution >= 0.6 is 0 Å². The molecule has 0 unspecified atom stereocenters. The molecule has 1 heteroatoms. The largest absolute Gasteiger partial charge is 0.455 e. The molecule has 0 fully saturated rings. The minimum absolute atomic E-state index is 0.0751. The van der Waals surface area contributed by atoms with Gasteiger partial charge >= 0.3 is 0 Å². The van der Waals surface area contributed by atoms with Crippen LogP contribution in [0.2, 0.25) is 0 Å². The summed E-state index contributed by atoms with van der Waals surface area (Å²) < 4.78 is 6.97. The van der Waals surface area contributed by atoms with Crippen LogP contribution in [0.3, 0.4) is 0 Å². The van der Waals surface area contributed by atoms with E-state index in [0.717, 1.165) is 22.1 Å². The van der Waals surface area contributed by atoms with E-state index in [1.807, 2.05) is 0 Å². The first-order valence-electron chi connectivity index (χ1n) is 16.8. The maximum atomic E-state index is 6.97. The molecule has 0 amide bonds. The van der Waals surface area contributed by atoms with E-state index in [2.05, 4.69) is 159 Å². The minimum Gasteiger partial charge on any atom is -0.455 e. The summed E-state index contributed by atoms with van der Waals surface area (Å²) in [6, 6.07) is 53.9. The third kappa shape index (κ3) is 3.35. The van der Waals surface area contributed by atoms with Gasteiger partial charge in [-0.1, -0.05) is 135 Å². The molecule has 10 aromatic rings. The van der Waals surface area contributed by atoms with E-state index in [1.54, 1.807) is 0 Å². The molecule has 0 bridgehead atoms. The second-order valence-electron chi connectivity index (χ2n) is 14.1. The Morgan fingerprint density at radius 3 is 1.88 bits per heavy atom. The highest BCUT2D eigenvalue weighted by atomic mass is 16.3. The Kier molecular flexibility index (Phi) is 4.97. The van der Waals surface area contributed by atoms with Crippen molar-refractivity contribution in [3.63, 3.8) is 0 Å². The van der Waals surface area contributed by atoms with E-state index in [0.29, 0.717) is 0 Å². The molecule has 0 N–H and O–H groups in total. The molecule has 0 aliphatic heterocycles. The predicted molar refractivity (Wildman–Crippen MR) is 203 cm³/mol. The lowest BCUT2D eigenvalue weighted by atomic mass is 9.81. The molecule has 1 aliphatic carbocycles. The van der Waals surface area contributed by atoms with Gasteiger partial charge in [0.25, 0.3) is 0 Å². The fraction of sp³-hybridized carbons (Fsp3) is 0.0638. The predicted octanol–water partition coefficient (Wildman–Crippen LogP) is 13.3. The molecule has 1 heterocycles. The lowest BCUT2D eigenvalue weighted by Gasteiger charge is -2.22. The second-order valence-corrected chi connectivity index (χ2v) is 14.1. The van der Waals surface area contributed by atoms with Crippen molar-refractivity contribution in [1.82, 2.24) is 0 Å². The smallest absolute Gasteiger partial charge is 0.143 e. The molecular formula is C47H30O. The van der Waals surface area contributed by atoms with Crippen LogP contribution in [0.5, 0.6) is 0 Å². The van der Waals surface area contributed by atoms with Crippen LogP contribution in [-0.2, 0) is 5.41 Å². The highest BCUT2D eigenvalue weighted by molar-refractivity contribution is 6.27. The number of fused-ring (bicyclic) bond motifs is 7. The number of hydrogen-bond acceptors (Lipinski definition) is 1. The van der Waals surface area contributed by atoms with Crippen LogP contribution in [0.1, 0.15) is 25.0 Å². The Labute approximate surface area is 278 Å². The molecule has 1 aromatic heterocycles. The van der Waals surface area contributed by atoms with Crippen molar-refractivity contribution < 1.29 is 4.42 Å². The number of rotatable bonds is 2. The third-order valence-electron chi connectivity index (χ3n) is 11.2. The quantitative estimate of drug-likeness (QED) is 0.178. The Hall–Kier alpha value is -5.92. The molecule has 0 saturated carbocycles. The lowest BCUT2D eigenvalue weighted by Crippen LogP contribution is -2.14. The van der Waals surface area contributed by atoms with E-state index in [-0.39, 0.29) is 5.41 Å². The summed E-state index contributed by atoms with van der Waals surface area (Å²) in [6.45, 7) is 4.70. The van der Waals surface area contributed by atoms with Crippen LogP contribution in [0, 0.1) is 0 Å². The zero-order valence-corrected chi connectivity index (χ0v) is 26.8. The normalized spacial score (nSPS) is 13.8. The van der Waals surface area contributed by atoms with Gasteiger partial charge in [-0.25, -0.2) is 0 Å². The fourth-order valence-electron chi connectivity index (χ4n) is 8.86. The van der Waals surface area contributed by atoms with Crippen LogP contribution in [0.4, 0.5) is 0 Å². The van der Waals surface area contributed by atoms with Gasteiger partial charge in [0, 0.05) is 21.8 Å². The molecule has 0 radical (unpaired) electrons. The number of benzene rings is 9. The summed E-state index contributed by atoms with van der Waals surface area (Å²) in [6.07, 6.45) is 0. The van der Waals surface area contributed by atoms with E-state index in [1.165, 1.54) is 87.4 Å². The molecule has 0 atom stereocenters. The second kappa shape index (κ2) is 9.12. The fourth-order valence-corrected chi connectivity index (χ4v) is 8.86. The third-order valence-corrected chi connectivity index (χ3v) is 11.2. The van der Waals surface area contributed by atoms with Gasteiger partial charge in [-0.05, 0) is 106 Å². The average Bonchev–Trinajstić information content (AvgIpc) is 3.61. The molecular weight excluding hydrogens is 581 g/mol. The summed E-state index contributed by atoms with van der Waals surface area (Å²) in [5.74, 6) is 0. The SMILES string of the molecule is CC1(C)c2ccccc2-c2ccc(-c3ccc(-c4ccc5ccc6cccc7ccc4c5c67)c4c3oc3cc5ccccc5cc34)cc21. The summed E-state index contributed by atoms with van der Waals surface area (Å²) in [7, 11) is 0. The van der Waals surface area contributed by atoms with E-state index in [4.69, 9.17) is 4.42 Å². The van der Waals surface area contributed by atoms with Crippen LogP contribution in [-0.4, -0.2) is 0 Å². The molecule has 11 rings (SSSR count). The van der Waals surface area contributed by atoms with Gasteiger partial charge in [-0.3, -0.25) is 0 Å². The van der Waals surface area contributed by atoms with Gasteiger partial charge in [0.05, 0.1) is 0 Å². The van der Waals surface area contributed by atoms with Crippen molar-refractivity contribution >= 4 is 65.0 Å². The van der Waals surface area contributed by atoms with Gasteiger partial charge in [0.15, 0.2) is 0 Å². The average molecular weight is 611 g/mol. The van der Waals surface area contributed by atoms with Crippen molar-refractivity contribution in [2.75, 3.05) is 0 Å². The maximum Gasteiger partial charge on any atom is 0.143 e. The summed E-state index contributed by atoms with van der Waals surface area (Å²) >= 11 is 0.